The third-order valence-electron chi connectivity index (χ3n) is 3.30. The smallest absolute Gasteiger partial charge is 0.274 e. The lowest BCUT2D eigenvalue weighted by Crippen LogP contribution is -2.31. The molecule has 0 fully saturated rings. The number of rotatable bonds is 5. The molecule has 6 nitrogen and oxygen atoms in total. The van der Waals surface area contributed by atoms with Crippen LogP contribution in [0, 0.1) is 13.8 Å². The molecule has 0 saturated carbocycles. The summed E-state index contributed by atoms with van der Waals surface area (Å²) in [6.45, 7) is 7.53. The molecule has 0 aromatic carbocycles. The number of furan rings is 1. The zero-order chi connectivity index (χ0) is 14.9. The molecule has 0 aliphatic heterocycles. The number of nitrogens with zero attached hydrogens (tertiary/aromatic N) is 1. The van der Waals surface area contributed by atoms with Gasteiger partial charge in [0.15, 0.2) is 5.76 Å². The van der Waals surface area contributed by atoms with E-state index >= 15 is 0 Å². The Labute approximate surface area is 118 Å². The topological polar surface area (TPSA) is 88.0 Å². The number of sulfonamides is 1. The summed E-state index contributed by atoms with van der Waals surface area (Å²) in [5.74, 6) is 0.441. The maximum Gasteiger partial charge on any atom is 0.274 e. The Balaban J connectivity index is 2.32. The Morgan fingerprint density at radius 3 is 2.65 bits per heavy atom. The van der Waals surface area contributed by atoms with E-state index < -0.39 is 10.0 Å². The fraction of sp³-hybridized carbons (Fsp3) is 0.462. The van der Waals surface area contributed by atoms with Crippen LogP contribution in [0.3, 0.4) is 0 Å². The van der Waals surface area contributed by atoms with E-state index in [4.69, 9.17) is 4.42 Å². The summed E-state index contributed by atoms with van der Waals surface area (Å²) in [7, 11) is -3.62. The minimum atomic E-state index is -3.62. The minimum absolute atomic E-state index is 0.0900. The third-order valence-corrected chi connectivity index (χ3v) is 4.76. The molecule has 2 N–H and O–H groups in total. The second-order valence-corrected chi connectivity index (χ2v) is 6.52. The van der Waals surface area contributed by atoms with Gasteiger partial charge in [0.2, 0.25) is 5.09 Å². The van der Waals surface area contributed by atoms with E-state index in [-0.39, 0.29) is 11.1 Å². The van der Waals surface area contributed by atoms with Crippen molar-refractivity contribution in [3.05, 3.63) is 23.4 Å². The molecule has 0 aliphatic carbocycles. The molecule has 0 unspecified atom stereocenters. The highest BCUT2D eigenvalue weighted by molar-refractivity contribution is 7.89. The van der Waals surface area contributed by atoms with Crippen molar-refractivity contribution in [1.29, 1.82) is 0 Å². The molecular formula is C13H19N3O3S. The Kier molecular flexibility index (Phi) is 4.01. The first-order valence-corrected chi connectivity index (χ1v) is 7.97. The Morgan fingerprint density at radius 2 is 2.10 bits per heavy atom. The average Bonchev–Trinajstić information content (AvgIpc) is 2.98. The summed E-state index contributed by atoms with van der Waals surface area (Å²) >= 11 is 0. The molecule has 0 amide bonds. The van der Waals surface area contributed by atoms with Gasteiger partial charge in [-0.3, -0.25) is 5.10 Å². The van der Waals surface area contributed by atoms with Crippen LogP contribution in [0.15, 0.2) is 21.6 Å². The van der Waals surface area contributed by atoms with Crippen LogP contribution in [0.2, 0.25) is 0 Å². The molecule has 0 saturated heterocycles. The standard InChI is InChI=1S/C13H19N3O3S/c1-5-8(2)16-20(17,18)12-7-6-11(19-12)13-9(3)10(4)14-15-13/h6-8,16H,5H2,1-4H3,(H,14,15)/t8-/m1/s1. The predicted octanol–water partition coefficient (Wildman–Crippen LogP) is 2.36. The van der Waals surface area contributed by atoms with Crippen LogP contribution in [0.4, 0.5) is 0 Å². The van der Waals surface area contributed by atoms with Crippen LogP contribution in [0.25, 0.3) is 11.5 Å². The second kappa shape index (κ2) is 5.41. The van der Waals surface area contributed by atoms with Gasteiger partial charge in [0.25, 0.3) is 10.0 Å². The Bertz CT molecular complexity index is 700. The van der Waals surface area contributed by atoms with E-state index in [0.717, 1.165) is 11.3 Å². The first-order valence-electron chi connectivity index (χ1n) is 6.49. The first kappa shape index (κ1) is 14.8. The molecule has 2 aromatic rings. The van der Waals surface area contributed by atoms with Gasteiger partial charge in [-0.05, 0) is 39.3 Å². The summed E-state index contributed by atoms with van der Waals surface area (Å²) in [5, 5.41) is 6.88. The van der Waals surface area contributed by atoms with Crippen molar-refractivity contribution in [2.24, 2.45) is 0 Å². The molecule has 0 radical (unpaired) electrons. The SMILES string of the molecule is CC[C@@H](C)NS(=O)(=O)c1ccc(-c2n[nH]c(C)c2C)o1. The Morgan fingerprint density at radius 1 is 1.40 bits per heavy atom. The number of aromatic nitrogens is 2. The second-order valence-electron chi connectivity index (χ2n) is 4.87. The van der Waals surface area contributed by atoms with Gasteiger partial charge in [0.05, 0.1) is 0 Å². The van der Waals surface area contributed by atoms with Crippen LogP contribution in [0.1, 0.15) is 31.5 Å². The Hall–Kier alpha value is -1.60. The minimum Gasteiger partial charge on any atom is -0.442 e. The lowest BCUT2D eigenvalue weighted by molar-refractivity contribution is 0.450. The summed E-state index contributed by atoms with van der Waals surface area (Å²) in [6.07, 6.45) is 0.713. The fourth-order valence-electron chi connectivity index (χ4n) is 1.72. The number of aryl methyl sites for hydroxylation is 1. The van der Waals surface area contributed by atoms with Crippen molar-refractivity contribution in [3.8, 4) is 11.5 Å². The van der Waals surface area contributed by atoms with E-state index in [1.165, 1.54) is 6.07 Å². The zero-order valence-electron chi connectivity index (χ0n) is 12.0. The van der Waals surface area contributed by atoms with Crippen LogP contribution < -0.4 is 4.72 Å². The van der Waals surface area contributed by atoms with Crippen molar-refractivity contribution in [2.75, 3.05) is 0 Å². The number of hydrogen-bond acceptors (Lipinski definition) is 4. The average molecular weight is 297 g/mol. The molecule has 7 heteroatoms. The van der Waals surface area contributed by atoms with Gasteiger partial charge in [0, 0.05) is 17.3 Å². The molecule has 1 atom stereocenters. The van der Waals surface area contributed by atoms with E-state index in [1.807, 2.05) is 27.7 Å². The lowest BCUT2D eigenvalue weighted by Gasteiger charge is -2.09. The molecule has 0 aliphatic rings. The lowest BCUT2D eigenvalue weighted by atomic mass is 10.2. The first-order chi connectivity index (χ1) is 9.35. The molecule has 2 rings (SSSR count). The van der Waals surface area contributed by atoms with Crippen molar-refractivity contribution >= 4 is 10.0 Å². The van der Waals surface area contributed by atoms with Gasteiger partial charge in [-0.15, -0.1) is 0 Å². The molecular weight excluding hydrogens is 278 g/mol. The van der Waals surface area contributed by atoms with Gasteiger partial charge in [-0.25, -0.2) is 13.1 Å². The van der Waals surface area contributed by atoms with Crippen molar-refractivity contribution < 1.29 is 12.8 Å². The van der Waals surface area contributed by atoms with Crippen molar-refractivity contribution in [2.45, 2.75) is 45.2 Å². The normalized spacial score (nSPS) is 13.6. The van der Waals surface area contributed by atoms with E-state index in [2.05, 4.69) is 14.9 Å². The highest BCUT2D eigenvalue weighted by atomic mass is 32.2. The van der Waals surface area contributed by atoms with Gasteiger partial charge >= 0.3 is 0 Å². The molecule has 0 bridgehead atoms. The van der Waals surface area contributed by atoms with Crippen LogP contribution in [0.5, 0.6) is 0 Å². The maximum atomic E-state index is 12.1. The van der Waals surface area contributed by atoms with Crippen molar-refractivity contribution in [3.63, 3.8) is 0 Å². The highest BCUT2D eigenvalue weighted by Gasteiger charge is 2.22. The molecule has 2 aromatic heterocycles. The number of nitrogens with one attached hydrogen (secondary N) is 2. The van der Waals surface area contributed by atoms with Gasteiger partial charge in [-0.1, -0.05) is 6.92 Å². The predicted molar refractivity (Wildman–Crippen MR) is 75.8 cm³/mol. The van der Waals surface area contributed by atoms with Crippen LogP contribution in [-0.2, 0) is 10.0 Å². The third kappa shape index (κ3) is 2.78. The number of hydrogen-bond donors (Lipinski definition) is 2. The van der Waals surface area contributed by atoms with Crippen molar-refractivity contribution in [1.82, 2.24) is 14.9 Å². The highest BCUT2D eigenvalue weighted by Crippen LogP contribution is 2.26. The molecule has 110 valence electrons. The van der Waals surface area contributed by atoms with Gasteiger partial charge in [0.1, 0.15) is 5.69 Å². The molecule has 0 spiro atoms. The molecule has 20 heavy (non-hydrogen) atoms. The van der Waals surface area contributed by atoms with E-state index in [9.17, 15) is 8.42 Å². The quantitative estimate of drug-likeness (QED) is 0.886. The number of aromatic amines is 1. The van der Waals surface area contributed by atoms with E-state index in [1.54, 1.807) is 6.07 Å². The molecule has 2 heterocycles. The summed E-state index contributed by atoms with van der Waals surface area (Å²) in [6, 6.07) is 2.93. The van der Waals surface area contributed by atoms with Crippen LogP contribution in [-0.4, -0.2) is 24.7 Å². The largest absolute Gasteiger partial charge is 0.442 e. The fourth-order valence-corrected chi connectivity index (χ4v) is 2.98. The van der Waals surface area contributed by atoms with E-state index in [0.29, 0.717) is 17.9 Å². The summed E-state index contributed by atoms with van der Waals surface area (Å²) in [5.41, 5.74) is 2.50. The maximum absolute atomic E-state index is 12.1. The van der Waals surface area contributed by atoms with Crippen LogP contribution >= 0.6 is 0 Å². The monoisotopic (exact) mass is 297 g/mol. The summed E-state index contributed by atoms with van der Waals surface area (Å²) < 4.78 is 32.2. The van der Waals surface area contributed by atoms with Gasteiger partial charge in [-0.2, -0.15) is 5.10 Å². The zero-order valence-corrected chi connectivity index (χ0v) is 12.8. The summed E-state index contributed by atoms with van der Waals surface area (Å²) in [4.78, 5) is 0. The van der Waals surface area contributed by atoms with Gasteiger partial charge < -0.3 is 4.42 Å². The number of H-pyrrole nitrogens is 1.